The monoisotopic (exact) mass is 240 g/mol. The number of ether oxygens (including phenoxy) is 1. The Balaban J connectivity index is 2.59. The summed E-state index contributed by atoms with van der Waals surface area (Å²) in [5.74, 6) is 2.38. The quantitative estimate of drug-likeness (QED) is 0.697. The predicted octanol–water partition coefficient (Wildman–Crippen LogP) is 3.89. The molecular formula is C15H28O2. The van der Waals surface area contributed by atoms with Gasteiger partial charge in [0.15, 0.2) is 0 Å². The molecule has 0 heterocycles. The topological polar surface area (TPSA) is 26.3 Å². The molecule has 0 aromatic heterocycles. The van der Waals surface area contributed by atoms with Crippen LogP contribution in [-0.2, 0) is 9.53 Å². The first kappa shape index (κ1) is 14.5. The van der Waals surface area contributed by atoms with Crippen LogP contribution in [0, 0.1) is 29.6 Å². The van der Waals surface area contributed by atoms with E-state index in [-0.39, 0.29) is 11.9 Å². The molecule has 0 N–H and O–H groups in total. The average molecular weight is 240 g/mol. The number of hydrogen-bond acceptors (Lipinski definition) is 2. The maximum atomic E-state index is 12.1. The van der Waals surface area contributed by atoms with E-state index in [0.717, 1.165) is 6.42 Å². The molecular weight excluding hydrogens is 212 g/mol. The van der Waals surface area contributed by atoms with Crippen molar-refractivity contribution in [1.29, 1.82) is 0 Å². The molecule has 1 rings (SSSR count). The number of rotatable bonds is 4. The maximum absolute atomic E-state index is 12.1. The lowest BCUT2D eigenvalue weighted by Crippen LogP contribution is -2.34. The van der Waals surface area contributed by atoms with Gasteiger partial charge in [0.25, 0.3) is 0 Å². The summed E-state index contributed by atoms with van der Waals surface area (Å²) in [6, 6.07) is 0. The van der Waals surface area contributed by atoms with Crippen molar-refractivity contribution in [1.82, 2.24) is 0 Å². The Kier molecular flexibility index (Phi) is 5.48. The minimum atomic E-state index is 0.0453. The normalized spacial score (nSPS) is 29.7. The summed E-state index contributed by atoms with van der Waals surface area (Å²) in [4.78, 5) is 12.1. The van der Waals surface area contributed by atoms with E-state index < -0.39 is 0 Å². The van der Waals surface area contributed by atoms with Gasteiger partial charge < -0.3 is 4.74 Å². The summed E-state index contributed by atoms with van der Waals surface area (Å²) < 4.78 is 5.43. The summed E-state index contributed by atoms with van der Waals surface area (Å²) in [5, 5.41) is 0. The molecule has 1 aliphatic carbocycles. The van der Waals surface area contributed by atoms with Crippen molar-refractivity contribution in [2.45, 2.75) is 53.9 Å². The van der Waals surface area contributed by atoms with E-state index in [4.69, 9.17) is 4.74 Å². The minimum absolute atomic E-state index is 0.0453. The first-order chi connectivity index (χ1) is 7.91. The lowest BCUT2D eigenvalue weighted by atomic mass is 9.70. The fraction of sp³-hybridized carbons (Fsp3) is 0.933. The lowest BCUT2D eigenvalue weighted by Gasteiger charge is -2.35. The van der Waals surface area contributed by atoms with E-state index in [1.165, 1.54) is 12.8 Å². The molecule has 0 aromatic rings. The van der Waals surface area contributed by atoms with Crippen LogP contribution in [0.2, 0.25) is 0 Å². The van der Waals surface area contributed by atoms with Crippen LogP contribution in [0.5, 0.6) is 0 Å². The van der Waals surface area contributed by atoms with E-state index in [0.29, 0.717) is 30.3 Å². The smallest absolute Gasteiger partial charge is 0.309 e. The SMILES string of the molecule is CC(C)COC(=O)[C@H]1C[C@@H](C)CC[C@@H]1C(C)C. The number of carbonyl (C=O) groups is 1. The molecule has 17 heavy (non-hydrogen) atoms. The zero-order valence-corrected chi connectivity index (χ0v) is 12.0. The Morgan fingerprint density at radius 3 is 2.41 bits per heavy atom. The molecule has 0 bridgehead atoms. The third-order valence-electron chi connectivity index (χ3n) is 3.88. The fourth-order valence-electron chi connectivity index (χ4n) is 2.83. The zero-order valence-electron chi connectivity index (χ0n) is 12.0. The van der Waals surface area contributed by atoms with Crippen LogP contribution >= 0.6 is 0 Å². The van der Waals surface area contributed by atoms with Gasteiger partial charge in [-0.25, -0.2) is 0 Å². The van der Waals surface area contributed by atoms with Crippen molar-refractivity contribution in [3.05, 3.63) is 0 Å². The summed E-state index contributed by atoms with van der Waals surface area (Å²) >= 11 is 0. The second kappa shape index (κ2) is 6.42. The molecule has 0 amide bonds. The number of esters is 1. The molecule has 0 saturated heterocycles. The first-order valence-electron chi connectivity index (χ1n) is 7.08. The molecule has 0 radical (unpaired) electrons. The van der Waals surface area contributed by atoms with Crippen molar-refractivity contribution in [2.24, 2.45) is 29.6 Å². The van der Waals surface area contributed by atoms with Gasteiger partial charge in [-0.15, -0.1) is 0 Å². The second-order valence-electron chi connectivity index (χ2n) is 6.46. The van der Waals surface area contributed by atoms with Gasteiger partial charge in [0, 0.05) is 0 Å². The average Bonchev–Trinajstić information content (AvgIpc) is 2.25. The Bertz CT molecular complexity index is 245. The molecule has 0 aromatic carbocycles. The Hall–Kier alpha value is -0.530. The van der Waals surface area contributed by atoms with Crippen molar-refractivity contribution < 1.29 is 9.53 Å². The van der Waals surface area contributed by atoms with Crippen LogP contribution in [0.25, 0.3) is 0 Å². The largest absolute Gasteiger partial charge is 0.465 e. The molecule has 0 aliphatic heterocycles. The van der Waals surface area contributed by atoms with Crippen LogP contribution in [0.4, 0.5) is 0 Å². The van der Waals surface area contributed by atoms with Gasteiger partial charge in [-0.2, -0.15) is 0 Å². The van der Waals surface area contributed by atoms with Gasteiger partial charge in [-0.3, -0.25) is 4.79 Å². The standard InChI is InChI=1S/C15H28O2/c1-10(2)9-17-15(16)14-8-12(5)6-7-13(14)11(3)4/h10-14H,6-9H2,1-5H3/t12-,13+,14-/m0/s1. The van der Waals surface area contributed by atoms with Crippen LogP contribution < -0.4 is 0 Å². The Labute approximate surface area is 106 Å². The molecule has 2 heteroatoms. The van der Waals surface area contributed by atoms with Crippen molar-refractivity contribution in [3.63, 3.8) is 0 Å². The minimum Gasteiger partial charge on any atom is -0.465 e. The molecule has 100 valence electrons. The van der Waals surface area contributed by atoms with Gasteiger partial charge in [0.05, 0.1) is 12.5 Å². The molecule has 2 nitrogen and oxygen atoms in total. The van der Waals surface area contributed by atoms with Crippen LogP contribution in [0.15, 0.2) is 0 Å². The molecule has 1 saturated carbocycles. The zero-order chi connectivity index (χ0) is 13.0. The summed E-state index contributed by atoms with van der Waals surface area (Å²) in [6.45, 7) is 11.4. The first-order valence-corrected chi connectivity index (χ1v) is 7.08. The predicted molar refractivity (Wildman–Crippen MR) is 70.6 cm³/mol. The molecule has 1 aliphatic rings. The van der Waals surface area contributed by atoms with Gasteiger partial charge in [0.2, 0.25) is 0 Å². The van der Waals surface area contributed by atoms with Crippen molar-refractivity contribution in [3.8, 4) is 0 Å². The lowest BCUT2D eigenvalue weighted by molar-refractivity contribution is -0.154. The van der Waals surface area contributed by atoms with Crippen LogP contribution in [-0.4, -0.2) is 12.6 Å². The molecule has 3 atom stereocenters. The molecule has 0 spiro atoms. The highest BCUT2D eigenvalue weighted by atomic mass is 16.5. The third-order valence-corrected chi connectivity index (χ3v) is 3.88. The van der Waals surface area contributed by atoms with E-state index in [1.807, 2.05) is 0 Å². The molecule has 1 fully saturated rings. The maximum Gasteiger partial charge on any atom is 0.309 e. The number of carbonyl (C=O) groups excluding carboxylic acids is 1. The van der Waals surface area contributed by atoms with Gasteiger partial charge >= 0.3 is 5.97 Å². The van der Waals surface area contributed by atoms with Crippen LogP contribution in [0.3, 0.4) is 0 Å². The van der Waals surface area contributed by atoms with E-state index >= 15 is 0 Å². The Morgan fingerprint density at radius 2 is 1.88 bits per heavy atom. The fourth-order valence-corrected chi connectivity index (χ4v) is 2.83. The van der Waals surface area contributed by atoms with Crippen LogP contribution in [0.1, 0.15) is 53.9 Å². The highest BCUT2D eigenvalue weighted by Crippen LogP contribution is 2.38. The van der Waals surface area contributed by atoms with Gasteiger partial charge in [-0.1, -0.05) is 41.0 Å². The summed E-state index contributed by atoms with van der Waals surface area (Å²) in [7, 11) is 0. The summed E-state index contributed by atoms with van der Waals surface area (Å²) in [6.07, 6.45) is 3.46. The molecule has 0 unspecified atom stereocenters. The van der Waals surface area contributed by atoms with E-state index in [9.17, 15) is 4.79 Å². The highest BCUT2D eigenvalue weighted by Gasteiger charge is 2.36. The number of hydrogen-bond donors (Lipinski definition) is 0. The van der Waals surface area contributed by atoms with Gasteiger partial charge in [0.1, 0.15) is 0 Å². The van der Waals surface area contributed by atoms with Gasteiger partial charge in [-0.05, 0) is 36.5 Å². The van der Waals surface area contributed by atoms with Crippen molar-refractivity contribution in [2.75, 3.05) is 6.61 Å². The van der Waals surface area contributed by atoms with E-state index in [2.05, 4.69) is 34.6 Å². The third kappa shape index (κ3) is 4.33. The second-order valence-corrected chi connectivity index (χ2v) is 6.46. The Morgan fingerprint density at radius 1 is 1.24 bits per heavy atom. The van der Waals surface area contributed by atoms with Crippen molar-refractivity contribution >= 4 is 5.97 Å². The van der Waals surface area contributed by atoms with E-state index in [1.54, 1.807) is 0 Å². The summed E-state index contributed by atoms with van der Waals surface area (Å²) in [5.41, 5.74) is 0. The highest BCUT2D eigenvalue weighted by molar-refractivity contribution is 5.73.